The molecule has 0 aliphatic carbocycles. The van der Waals surface area contributed by atoms with Crippen LogP contribution in [0.4, 0.5) is 0 Å². The van der Waals surface area contributed by atoms with Crippen LogP contribution in [0.15, 0.2) is 48.6 Å². The number of hydrogen-bond acceptors (Lipinski definition) is 10. The van der Waals surface area contributed by atoms with E-state index in [-0.39, 0.29) is 18.5 Å². The molecule has 0 aromatic heterocycles. The van der Waals surface area contributed by atoms with Gasteiger partial charge in [-0.2, -0.15) is 0 Å². The van der Waals surface area contributed by atoms with Crippen LogP contribution in [0, 0.1) is 0 Å². The van der Waals surface area contributed by atoms with Crippen molar-refractivity contribution in [3.63, 3.8) is 0 Å². The van der Waals surface area contributed by atoms with Crippen molar-refractivity contribution in [3.8, 4) is 0 Å². The van der Waals surface area contributed by atoms with Crippen molar-refractivity contribution in [2.24, 2.45) is 0 Å². The Bertz CT molecular complexity index is 1160. The molecule has 0 bridgehead atoms. The molecule has 0 saturated carbocycles. The van der Waals surface area contributed by atoms with Crippen molar-refractivity contribution >= 4 is 11.9 Å². The minimum Gasteiger partial charge on any atom is -0.466 e. The molecule has 1 saturated heterocycles. The lowest BCUT2D eigenvalue weighted by Gasteiger charge is -2.40. The molecule has 11 nitrogen and oxygen atoms in total. The first-order chi connectivity index (χ1) is 29.7. The van der Waals surface area contributed by atoms with Crippen LogP contribution >= 0.6 is 0 Å². The minimum atomic E-state index is -1.59. The second kappa shape index (κ2) is 40.4. The molecule has 0 aromatic carbocycles. The number of carbonyl (C=O) groups excluding carboxylic acids is 2. The molecule has 1 amide bonds. The van der Waals surface area contributed by atoms with Gasteiger partial charge in [-0.05, 0) is 96.3 Å². The molecule has 11 heteroatoms. The molecule has 7 atom stereocenters. The lowest BCUT2D eigenvalue weighted by molar-refractivity contribution is -0.302. The average Bonchev–Trinajstić information content (AvgIpc) is 3.25. The Balaban J connectivity index is 2.21. The molecule has 1 aliphatic heterocycles. The topological polar surface area (TPSA) is 175 Å². The first kappa shape index (κ1) is 56.6. The zero-order valence-corrected chi connectivity index (χ0v) is 38.4. The zero-order valence-electron chi connectivity index (χ0n) is 38.4. The van der Waals surface area contributed by atoms with Crippen LogP contribution in [0.3, 0.4) is 0 Å². The maximum atomic E-state index is 12.9. The Labute approximate surface area is 370 Å². The van der Waals surface area contributed by atoms with E-state index in [1.807, 2.05) is 6.08 Å². The number of allylic oxidation sites excluding steroid dienone is 7. The third-order valence-electron chi connectivity index (χ3n) is 11.1. The summed E-state index contributed by atoms with van der Waals surface area (Å²) in [6.45, 7) is 4.12. The molecule has 61 heavy (non-hydrogen) atoms. The monoisotopic (exact) mass is 864 g/mol. The SMILES string of the molecule is CCCCC/C=C/CC/C=C/C(O)C(COC1OC(CO)C(O)C(O)C1O)NC(=O)CCCCCCC/C=C\CCCCOC(=O)CCCCCCC/C=C\CCCCCC. The summed E-state index contributed by atoms with van der Waals surface area (Å²) in [6, 6.07) is -0.847. The molecule has 6 N–H and O–H groups in total. The zero-order chi connectivity index (χ0) is 44.6. The molecule has 1 aliphatic rings. The number of aliphatic hydroxyl groups is 5. The standard InChI is InChI=1S/C50H89NO10/c1-3-5-7-9-11-13-14-15-18-22-26-30-34-38-46(55)59-39-35-31-27-23-19-16-17-21-25-29-33-37-45(54)51-42(43(53)36-32-28-24-20-12-10-8-6-4-2)41-60-50-49(58)48(57)47(56)44(40-52)61-50/h12-14,19-20,23,32,36,42-44,47-50,52-53,56-58H,3-11,15-18,21-22,24-31,33-35,37-41H2,1-2H3,(H,51,54)/b14-13-,20-12+,23-19-,36-32+. The number of rotatable bonds is 40. The second-order valence-corrected chi connectivity index (χ2v) is 16.8. The molecule has 354 valence electrons. The number of hydrogen-bond donors (Lipinski definition) is 6. The van der Waals surface area contributed by atoms with Crippen LogP contribution in [0.2, 0.25) is 0 Å². The smallest absolute Gasteiger partial charge is 0.305 e. The van der Waals surface area contributed by atoms with E-state index in [2.05, 4.69) is 55.6 Å². The lowest BCUT2D eigenvalue weighted by Crippen LogP contribution is -2.60. The largest absolute Gasteiger partial charge is 0.466 e. The molecular formula is C50H89NO10. The third kappa shape index (κ3) is 31.2. The molecule has 1 heterocycles. The summed E-state index contributed by atoms with van der Waals surface area (Å²) < 4.78 is 16.6. The summed E-state index contributed by atoms with van der Waals surface area (Å²) >= 11 is 0. The van der Waals surface area contributed by atoms with Gasteiger partial charge in [0.1, 0.15) is 24.4 Å². The molecule has 1 fully saturated rings. The molecule has 0 radical (unpaired) electrons. The van der Waals surface area contributed by atoms with Gasteiger partial charge < -0.3 is 45.1 Å². The molecular weight excluding hydrogens is 775 g/mol. The second-order valence-electron chi connectivity index (χ2n) is 16.8. The number of aliphatic hydroxyl groups excluding tert-OH is 5. The minimum absolute atomic E-state index is 0.0693. The Morgan fingerprint density at radius 1 is 0.590 bits per heavy atom. The van der Waals surface area contributed by atoms with Gasteiger partial charge in [-0.1, -0.05) is 133 Å². The van der Waals surface area contributed by atoms with Crippen molar-refractivity contribution in [1.29, 1.82) is 0 Å². The van der Waals surface area contributed by atoms with E-state index in [0.717, 1.165) is 83.5 Å². The fourth-order valence-corrected chi connectivity index (χ4v) is 7.14. The summed E-state index contributed by atoms with van der Waals surface area (Å²) in [4.78, 5) is 25.0. The van der Waals surface area contributed by atoms with Gasteiger partial charge in [-0.25, -0.2) is 0 Å². The van der Waals surface area contributed by atoms with Crippen LogP contribution in [0.1, 0.15) is 194 Å². The van der Waals surface area contributed by atoms with E-state index in [4.69, 9.17) is 14.2 Å². The van der Waals surface area contributed by atoms with E-state index in [9.17, 15) is 35.1 Å². The van der Waals surface area contributed by atoms with E-state index in [1.165, 1.54) is 77.0 Å². The fraction of sp³-hybridized carbons (Fsp3) is 0.800. The van der Waals surface area contributed by atoms with Gasteiger partial charge in [0.25, 0.3) is 0 Å². The van der Waals surface area contributed by atoms with Gasteiger partial charge in [0.15, 0.2) is 6.29 Å². The maximum Gasteiger partial charge on any atom is 0.305 e. The summed E-state index contributed by atoms with van der Waals surface area (Å²) in [7, 11) is 0. The Kier molecular flexibility index (Phi) is 37.5. The van der Waals surface area contributed by atoms with Gasteiger partial charge in [0.2, 0.25) is 5.91 Å². The number of esters is 1. The maximum absolute atomic E-state index is 12.9. The summed E-state index contributed by atoms with van der Waals surface area (Å²) in [5.74, 6) is -0.296. The van der Waals surface area contributed by atoms with Crippen LogP contribution in [0.25, 0.3) is 0 Å². The van der Waals surface area contributed by atoms with Crippen LogP contribution in [-0.2, 0) is 23.8 Å². The molecule has 0 aromatic rings. The highest BCUT2D eigenvalue weighted by Gasteiger charge is 2.44. The number of amides is 1. The van der Waals surface area contributed by atoms with Gasteiger partial charge in [-0.15, -0.1) is 0 Å². The van der Waals surface area contributed by atoms with E-state index < -0.39 is 49.5 Å². The molecule has 7 unspecified atom stereocenters. The van der Waals surface area contributed by atoms with Crippen LogP contribution in [0.5, 0.6) is 0 Å². The summed E-state index contributed by atoms with van der Waals surface area (Å²) in [6.07, 6.45) is 37.7. The number of carbonyl (C=O) groups is 2. The number of unbranched alkanes of at least 4 members (excludes halogenated alkanes) is 20. The third-order valence-corrected chi connectivity index (χ3v) is 11.1. The predicted molar refractivity (Wildman–Crippen MR) is 246 cm³/mol. The fourth-order valence-electron chi connectivity index (χ4n) is 7.14. The summed E-state index contributed by atoms with van der Waals surface area (Å²) in [5.41, 5.74) is 0. The van der Waals surface area contributed by atoms with Crippen molar-refractivity contribution in [2.75, 3.05) is 19.8 Å². The molecule has 1 rings (SSSR count). The normalized spacial score (nSPS) is 20.7. The Morgan fingerprint density at radius 2 is 1.07 bits per heavy atom. The lowest BCUT2D eigenvalue weighted by atomic mass is 9.99. The first-order valence-corrected chi connectivity index (χ1v) is 24.4. The van der Waals surface area contributed by atoms with Gasteiger partial charge >= 0.3 is 5.97 Å². The summed E-state index contributed by atoms with van der Waals surface area (Å²) in [5, 5.41) is 54.0. The van der Waals surface area contributed by atoms with E-state index >= 15 is 0 Å². The van der Waals surface area contributed by atoms with Crippen molar-refractivity contribution < 1.29 is 49.3 Å². The van der Waals surface area contributed by atoms with E-state index in [1.54, 1.807) is 6.08 Å². The van der Waals surface area contributed by atoms with Gasteiger partial charge in [-0.3, -0.25) is 9.59 Å². The average molecular weight is 864 g/mol. The van der Waals surface area contributed by atoms with Crippen LogP contribution in [-0.4, -0.2) is 100 Å². The van der Waals surface area contributed by atoms with Gasteiger partial charge in [0.05, 0.1) is 32.0 Å². The Hall–Kier alpha value is -2.38. The van der Waals surface area contributed by atoms with Gasteiger partial charge in [0, 0.05) is 12.8 Å². The molecule has 0 spiro atoms. The Morgan fingerprint density at radius 3 is 1.66 bits per heavy atom. The van der Waals surface area contributed by atoms with Crippen molar-refractivity contribution in [2.45, 2.75) is 236 Å². The van der Waals surface area contributed by atoms with Crippen LogP contribution < -0.4 is 5.32 Å². The highest BCUT2D eigenvalue weighted by molar-refractivity contribution is 5.76. The highest BCUT2D eigenvalue weighted by atomic mass is 16.7. The first-order valence-electron chi connectivity index (χ1n) is 24.4. The predicted octanol–water partition coefficient (Wildman–Crippen LogP) is 9.38. The number of ether oxygens (including phenoxy) is 3. The number of nitrogens with one attached hydrogen (secondary N) is 1. The van der Waals surface area contributed by atoms with Crippen molar-refractivity contribution in [3.05, 3.63) is 48.6 Å². The highest BCUT2D eigenvalue weighted by Crippen LogP contribution is 2.22. The van der Waals surface area contributed by atoms with Crippen molar-refractivity contribution in [1.82, 2.24) is 5.32 Å². The quantitative estimate of drug-likeness (QED) is 0.0198. The van der Waals surface area contributed by atoms with E-state index in [0.29, 0.717) is 25.9 Å².